The number of rotatable bonds is 6. The number of piperazine rings is 1. The van der Waals surface area contributed by atoms with Gasteiger partial charge < -0.3 is 20.0 Å². The van der Waals surface area contributed by atoms with Crippen molar-refractivity contribution < 1.29 is 9.59 Å². The SMILES string of the molecule is CN1CCN(CCCN2C(=O)c3ccccc3[C@H]2C(=O)NC2CCCCC2)CC1. The summed E-state index contributed by atoms with van der Waals surface area (Å²) in [5, 5.41) is 3.25. The minimum atomic E-state index is -0.479. The van der Waals surface area contributed by atoms with E-state index < -0.39 is 6.04 Å². The second-order valence-electron chi connectivity index (χ2n) is 8.83. The van der Waals surface area contributed by atoms with Gasteiger partial charge in [-0.05, 0) is 44.5 Å². The van der Waals surface area contributed by atoms with Gasteiger partial charge in [-0.1, -0.05) is 37.5 Å². The number of benzene rings is 1. The van der Waals surface area contributed by atoms with Crippen LogP contribution in [0.1, 0.15) is 60.5 Å². The van der Waals surface area contributed by atoms with E-state index >= 15 is 0 Å². The van der Waals surface area contributed by atoms with E-state index in [1.54, 1.807) is 4.90 Å². The Balaban J connectivity index is 1.41. The molecule has 0 radical (unpaired) electrons. The summed E-state index contributed by atoms with van der Waals surface area (Å²) in [6.45, 7) is 5.96. The molecule has 158 valence electrons. The fourth-order valence-electron chi connectivity index (χ4n) is 4.95. The molecule has 2 aliphatic heterocycles. The first-order valence-electron chi connectivity index (χ1n) is 11.2. The summed E-state index contributed by atoms with van der Waals surface area (Å²) < 4.78 is 0. The molecule has 3 aliphatic rings. The first-order valence-corrected chi connectivity index (χ1v) is 11.2. The maximum absolute atomic E-state index is 13.2. The molecule has 1 aromatic carbocycles. The molecule has 0 bridgehead atoms. The molecule has 1 aromatic rings. The Bertz CT molecular complexity index is 723. The predicted octanol–water partition coefficient (Wildman–Crippen LogP) is 2.27. The van der Waals surface area contributed by atoms with Crippen LogP contribution in [0.25, 0.3) is 0 Å². The van der Waals surface area contributed by atoms with Crippen molar-refractivity contribution in [2.24, 2.45) is 0 Å². The number of hydrogen-bond donors (Lipinski definition) is 1. The van der Waals surface area contributed by atoms with Gasteiger partial charge in [0, 0.05) is 44.3 Å². The number of likely N-dealkylation sites (N-methyl/N-ethyl adjacent to an activating group) is 1. The van der Waals surface area contributed by atoms with Gasteiger partial charge in [0.15, 0.2) is 0 Å². The highest BCUT2D eigenvalue weighted by Crippen LogP contribution is 2.34. The molecule has 1 aliphatic carbocycles. The highest BCUT2D eigenvalue weighted by molar-refractivity contribution is 6.04. The lowest BCUT2D eigenvalue weighted by molar-refractivity contribution is -0.126. The van der Waals surface area contributed by atoms with Crippen LogP contribution in [0.3, 0.4) is 0 Å². The van der Waals surface area contributed by atoms with E-state index in [2.05, 4.69) is 22.2 Å². The maximum atomic E-state index is 13.2. The Hall–Kier alpha value is -1.92. The van der Waals surface area contributed by atoms with Gasteiger partial charge in [-0.3, -0.25) is 9.59 Å². The van der Waals surface area contributed by atoms with Crippen LogP contribution in [0.4, 0.5) is 0 Å². The summed E-state index contributed by atoms with van der Waals surface area (Å²) >= 11 is 0. The smallest absolute Gasteiger partial charge is 0.255 e. The first kappa shape index (κ1) is 20.4. The second kappa shape index (κ2) is 9.26. The van der Waals surface area contributed by atoms with Gasteiger partial charge in [-0.25, -0.2) is 0 Å². The first-order chi connectivity index (χ1) is 14.1. The Morgan fingerprint density at radius 1 is 1.03 bits per heavy atom. The van der Waals surface area contributed by atoms with Gasteiger partial charge in [-0.2, -0.15) is 0 Å². The number of fused-ring (bicyclic) bond motifs is 1. The van der Waals surface area contributed by atoms with Crippen molar-refractivity contribution in [3.63, 3.8) is 0 Å². The van der Waals surface area contributed by atoms with Gasteiger partial charge in [0.05, 0.1) is 0 Å². The zero-order valence-corrected chi connectivity index (χ0v) is 17.6. The van der Waals surface area contributed by atoms with E-state index in [0.717, 1.165) is 57.5 Å². The fourth-order valence-corrected chi connectivity index (χ4v) is 4.95. The molecule has 29 heavy (non-hydrogen) atoms. The van der Waals surface area contributed by atoms with Crippen LogP contribution in [0.2, 0.25) is 0 Å². The van der Waals surface area contributed by atoms with Crippen LogP contribution in [-0.4, -0.2) is 78.9 Å². The van der Waals surface area contributed by atoms with Gasteiger partial charge in [0.2, 0.25) is 5.91 Å². The molecule has 6 heteroatoms. The average Bonchev–Trinajstić information content (AvgIpc) is 3.02. The van der Waals surface area contributed by atoms with Crippen molar-refractivity contribution in [1.82, 2.24) is 20.0 Å². The monoisotopic (exact) mass is 398 g/mol. The van der Waals surface area contributed by atoms with Crippen LogP contribution in [0.5, 0.6) is 0 Å². The quantitative estimate of drug-likeness (QED) is 0.799. The lowest BCUT2D eigenvalue weighted by Gasteiger charge is -2.33. The van der Waals surface area contributed by atoms with E-state index in [-0.39, 0.29) is 17.9 Å². The van der Waals surface area contributed by atoms with E-state index in [9.17, 15) is 9.59 Å². The Kier molecular flexibility index (Phi) is 6.50. The molecule has 0 unspecified atom stereocenters. The number of carbonyl (C=O) groups excluding carboxylic acids is 2. The third-order valence-corrected chi connectivity index (χ3v) is 6.73. The van der Waals surface area contributed by atoms with E-state index in [0.29, 0.717) is 12.1 Å². The third-order valence-electron chi connectivity index (χ3n) is 6.73. The van der Waals surface area contributed by atoms with Gasteiger partial charge >= 0.3 is 0 Å². The van der Waals surface area contributed by atoms with Crippen molar-refractivity contribution in [3.8, 4) is 0 Å². The zero-order valence-electron chi connectivity index (χ0n) is 17.6. The van der Waals surface area contributed by atoms with Crippen LogP contribution in [-0.2, 0) is 4.79 Å². The minimum Gasteiger partial charge on any atom is -0.351 e. The summed E-state index contributed by atoms with van der Waals surface area (Å²) in [7, 11) is 2.16. The van der Waals surface area contributed by atoms with Crippen molar-refractivity contribution in [3.05, 3.63) is 35.4 Å². The number of amides is 2. The molecule has 2 amide bonds. The highest BCUT2D eigenvalue weighted by Gasteiger charge is 2.41. The van der Waals surface area contributed by atoms with Crippen LogP contribution >= 0.6 is 0 Å². The topological polar surface area (TPSA) is 55.9 Å². The molecule has 0 aromatic heterocycles. The molecule has 1 saturated heterocycles. The Morgan fingerprint density at radius 2 is 1.76 bits per heavy atom. The van der Waals surface area contributed by atoms with Gasteiger partial charge in [-0.15, -0.1) is 0 Å². The maximum Gasteiger partial charge on any atom is 0.255 e. The third kappa shape index (κ3) is 4.64. The summed E-state index contributed by atoms with van der Waals surface area (Å²) in [6, 6.07) is 7.40. The minimum absolute atomic E-state index is 0.00257. The fraction of sp³-hybridized carbons (Fsp3) is 0.652. The number of carbonyl (C=O) groups is 2. The van der Waals surface area contributed by atoms with Gasteiger partial charge in [0.1, 0.15) is 6.04 Å². The van der Waals surface area contributed by atoms with Crippen molar-refractivity contribution in [1.29, 1.82) is 0 Å². The molecule has 4 rings (SSSR count). The molecule has 1 N–H and O–H groups in total. The van der Waals surface area contributed by atoms with E-state index in [1.165, 1.54) is 19.3 Å². The summed E-state index contributed by atoms with van der Waals surface area (Å²) in [4.78, 5) is 32.9. The number of hydrogen-bond acceptors (Lipinski definition) is 4. The Morgan fingerprint density at radius 3 is 2.52 bits per heavy atom. The van der Waals surface area contributed by atoms with Crippen LogP contribution in [0, 0.1) is 0 Å². The van der Waals surface area contributed by atoms with Gasteiger partial charge in [0.25, 0.3) is 5.91 Å². The molecular weight excluding hydrogens is 364 g/mol. The largest absolute Gasteiger partial charge is 0.351 e. The van der Waals surface area contributed by atoms with E-state index in [1.807, 2.05) is 24.3 Å². The molecule has 0 spiro atoms. The molecular formula is C23H34N4O2. The van der Waals surface area contributed by atoms with Crippen LogP contribution < -0.4 is 5.32 Å². The van der Waals surface area contributed by atoms with Crippen molar-refractivity contribution in [2.75, 3.05) is 46.3 Å². The van der Waals surface area contributed by atoms with Crippen molar-refractivity contribution in [2.45, 2.75) is 50.6 Å². The summed E-state index contributed by atoms with van der Waals surface area (Å²) in [5.74, 6) is -0.00225. The average molecular weight is 399 g/mol. The van der Waals surface area contributed by atoms with Crippen LogP contribution in [0.15, 0.2) is 24.3 Å². The molecule has 1 saturated carbocycles. The lowest BCUT2D eigenvalue weighted by Crippen LogP contribution is -2.46. The number of nitrogens with zero attached hydrogens (tertiary/aromatic N) is 3. The normalized spacial score (nSPS) is 24.0. The van der Waals surface area contributed by atoms with Crippen molar-refractivity contribution >= 4 is 11.8 Å². The summed E-state index contributed by atoms with van der Waals surface area (Å²) in [6.07, 6.45) is 6.63. The number of nitrogens with one attached hydrogen (secondary N) is 1. The molecule has 2 fully saturated rings. The van der Waals surface area contributed by atoms with E-state index in [4.69, 9.17) is 0 Å². The molecule has 6 nitrogen and oxygen atoms in total. The molecule has 2 heterocycles. The zero-order chi connectivity index (χ0) is 20.2. The second-order valence-corrected chi connectivity index (χ2v) is 8.83. The standard InChI is InChI=1S/C23H34N4O2/c1-25-14-16-26(17-15-25)12-7-13-27-21(19-10-5-6-11-20(19)23(27)29)22(28)24-18-8-3-2-4-9-18/h5-6,10-11,18,21H,2-4,7-9,12-17H2,1H3,(H,24,28)/t21-/m0/s1. The highest BCUT2D eigenvalue weighted by atomic mass is 16.2. The predicted molar refractivity (Wildman–Crippen MR) is 114 cm³/mol. The lowest BCUT2D eigenvalue weighted by atomic mass is 9.95. The Labute approximate surface area is 174 Å². The summed E-state index contributed by atoms with van der Waals surface area (Å²) in [5.41, 5.74) is 1.56. The molecule has 1 atom stereocenters.